The van der Waals surface area contributed by atoms with Crippen LogP contribution >= 0.6 is 27.3 Å². The zero-order chi connectivity index (χ0) is 8.10. The fraction of sp³-hybridized carbons (Fsp3) is 0.250. The molecule has 1 rings (SSSR count). The van der Waals surface area contributed by atoms with Crippen molar-refractivity contribution < 1.29 is 0 Å². The average molecular weight is 232 g/mol. The standard InChI is InChI=1S/C8H10BrNS/c1-2-3-10-5-7-4-8(9)11-6-7/h2,4,6,10H,1,3,5H2. The third-order valence-electron chi connectivity index (χ3n) is 1.24. The third-order valence-corrected chi connectivity index (χ3v) is 2.79. The normalized spacial score (nSPS) is 9.91. The molecule has 0 aliphatic carbocycles. The van der Waals surface area contributed by atoms with E-state index in [-0.39, 0.29) is 0 Å². The Balaban J connectivity index is 2.32. The van der Waals surface area contributed by atoms with Crippen LogP contribution in [-0.4, -0.2) is 6.54 Å². The number of thiophene rings is 1. The second-order valence-corrected chi connectivity index (χ2v) is 4.47. The molecule has 1 heterocycles. The first-order chi connectivity index (χ1) is 5.33. The summed E-state index contributed by atoms with van der Waals surface area (Å²) in [6.45, 7) is 5.42. The summed E-state index contributed by atoms with van der Waals surface area (Å²) < 4.78 is 1.19. The van der Waals surface area contributed by atoms with Gasteiger partial charge in [0.1, 0.15) is 0 Å². The van der Waals surface area contributed by atoms with Crippen molar-refractivity contribution in [3.05, 3.63) is 33.5 Å². The Kier molecular flexibility index (Phi) is 3.83. The Morgan fingerprint density at radius 3 is 3.09 bits per heavy atom. The molecule has 1 aromatic rings. The van der Waals surface area contributed by atoms with Gasteiger partial charge < -0.3 is 5.32 Å². The molecule has 0 aromatic carbocycles. The molecule has 1 N–H and O–H groups in total. The first kappa shape index (κ1) is 8.97. The van der Waals surface area contributed by atoms with Crippen molar-refractivity contribution >= 4 is 27.3 Å². The van der Waals surface area contributed by atoms with Crippen molar-refractivity contribution in [2.24, 2.45) is 0 Å². The lowest BCUT2D eigenvalue weighted by molar-refractivity contribution is 0.763. The average Bonchev–Trinajstić information content (AvgIpc) is 2.37. The van der Waals surface area contributed by atoms with Crippen LogP contribution in [0.4, 0.5) is 0 Å². The summed E-state index contributed by atoms with van der Waals surface area (Å²) in [5.74, 6) is 0. The van der Waals surface area contributed by atoms with Crippen LogP contribution in [0, 0.1) is 0 Å². The lowest BCUT2D eigenvalue weighted by Crippen LogP contribution is -2.11. The molecule has 1 aromatic heterocycles. The van der Waals surface area contributed by atoms with Crippen LogP contribution in [0.25, 0.3) is 0 Å². The van der Waals surface area contributed by atoms with Gasteiger partial charge in [-0.25, -0.2) is 0 Å². The molecule has 0 saturated carbocycles. The summed E-state index contributed by atoms with van der Waals surface area (Å²) in [6.07, 6.45) is 1.86. The molecule has 0 spiro atoms. The van der Waals surface area contributed by atoms with Gasteiger partial charge in [0.15, 0.2) is 0 Å². The second-order valence-electron chi connectivity index (χ2n) is 2.18. The van der Waals surface area contributed by atoms with Crippen LogP contribution in [-0.2, 0) is 6.54 Å². The highest BCUT2D eigenvalue weighted by Gasteiger charge is 1.94. The van der Waals surface area contributed by atoms with Crippen molar-refractivity contribution in [2.75, 3.05) is 6.54 Å². The highest BCUT2D eigenvalue weighted by Crippen LogP contribution is 2.20. The Morgan fingerprint density at radius 1 is 1.73 bits per heavy atom. The summed E-state index contributed by atoms with van der Waals surface area (Å²) in [4.78, 5) is 0. The molecule has 0 aliphatic heterocycles. The van der Waals surface area contributed by atoms with Crippen molar-refractivity contribution in [3.8, 4) is 0 Å². The summed E-state index contributed by atoms with van der Waals surface area (Å²) in [6, 6.07) is 2.13. The topological polar surface area (TPSA) is 12.0 Å². The molecular formula is C8H10BrNS. The predicted octanol–water partition coefficient (Wildman–Crippen LogP) is 2.79. The lowest BCUT2D eigenvalue weighted by atomic mass is 10.3. The first-order valence-electron chi connectivity index (χ1n) is 3.37. The summed E-state index contributed by atoms with van der Waals surface area (Å²) in [5, 5.41) is 5.37. The number of hydrogen-bond donors (Lipinski definition) is 1. The van der Waals surface area contributed by atoms with E-state index < -0.39 is 0 Å². The van der Waals surface area contributed by atoms with Crippen molar-refractivity contribution in [1.82, 2.24) is 5.32 Å². The minimum absolute atomic E-state index is 0.869. The van der Waals surface area contributed by atoms with E-state index in [1.807, 2.05) is 6.08 Å². The summed E-state index contributed by atoms with van der Waals surface area (Å²) in [5.41, 5.74) is 1.32. The molecule has 60 valence electrons. The number of nitrogens with one attached hydrogen (secondary N) is 1. The third kappa shape index (κ3) is 3.18. The Morgan fingerprint density at radius 2 is 2.55 bits per heavy atom. The van der Waals surface area contributed by atoms with Crippen LogP contribution in [0.3, 0.4) is 0 Å². The molecule has 1 nitrogen and oxygen atoms in total. The van der Waals surface area contributed by atoms with Gasteiger partial charge in [0.2, 0.25) is 0 Å². The Labute approximate surface area is 79.3 Å². The number of rotatable bonds is 4. The summed E-state index contributed by atoms with van der Waals surface area (Å²) >= 11 is 5.12. The predicted molar refractivity (Wildman–Crippen MR) is 53.9 cm³/mol. The van der Waals surface area contributed by atoms with Gasteiger partial charge in [-0.3, -0.25) is 0 Å². The van der Waals surface area contributed by atoms with Gasteiger partial charge in [-0.05, 0) is 32.9 Å². The van der Waals surface area contributed by atoms with Crippen LogP contribution in [0.5, 0.6) is 0 Å². The van der Waals surface area contributed by atoms with Gasteiger partial charge in [-0.15, -0.1) is 17.9 Å². The molecular weight excluding hydrogens is 222 g/mol. The molecule has 0 radical (unpaired) electrons. The molecule has 0 fully saturated rings. The van der Waals surface area contributed by atoms with Gasteiger partial charge in [0.05, 0.1) is 3.79 Å². The zero-order valence-corrected chi connectivity index (χ0v) is 8.54. The Bertz CT molecular complexity index is 232. The molecule has 0 bridgehead atoms. The number of hydrogen-bond acceptors (Lipinski definition) is 2. The van der Waals surface area contributed by atoms with E-state index in [0.717, 1.165) is 13.1 Å². The zero-order valence-electron chi connectivity index (χ0n) is 6.14. The van der Waals surface area contributed by atoms with Gasteiger partial charge in [0, 0.05) is 13.1 Å². The maximum absolute atomic E-state index is 3.63. The molecule has 0 amide bonds. The maximum atomic E-state index is 3.63. The van der Waals surface area contributed by atoms with Crippen molar-refractivity contribution in [1.29, 1.82) is 0 Å². The fourth-order valence-corrected chi connectivity index (χ4v) is 1.97. The molecule has 11 heavy (non-hydrogen) atoms. The Hall–Kier alpha value is -0.120. The van der Waals surface area contributed by atoms with E-state index in [4.69, 9.17) is 0 Å². The van der Waals surface area contributed by atoms with Gasteiger partial charge >= 0.3 is 0 Å². The highest BCUT2D eigenvalue weighted by atomic mass is 79.9. The van der Waals surface area contributed by atoms with Gasteiger partial charge in [-0.1, -0.05) is 6.08 Å². The van der Waals surface area contributed by atoms with Crippen LogP contribution in [0.2, 0.25) is 0 Å². The molecule has 0 aliphatic rings. The molecule has 0 atom stereocenters. The fourth-order valence-electron chi connectivity index (χ4n) is 0.757. The minimum Gasteiger partial charge on any atom is -0.309 e. The molecule has 3 heteroatoms. The second kappa shape index (κ2) is 4.70. The van der Waals surface area contributed by atoms with Crippen LogP contribution in [0.15, 0.2) is 27.9 Å². The lowest BCUT2D eigenvalue weighted by Gasteiger charge is -1.96. The van der Waals surface area contributed by atoms with E-state index in [0.29, 0.717) is 0 Å². The molecule has 0 saturated heterocycles. The van der Waals surface area contributed by atoms with Crippen molar-refractivity contribution in [3.63, 3.8) is 0 Å². The van der Waals surface area contributed by atoms with Crippen LogP contribution in [0.1, 0.15) is 5.56 Å². The smallest absolute Gasteiger partial charge is 0.0701 e. The van der Waals surface area contributed by atoms with E-state index in [2.05, 4.69) is 39.3 Å². The minimum atomic E-state index is 0.869. The monoisotopic (exact) mass is 231 g/mol. The van der Waals surface area contributed by atoms with E-state index in [1.54, 1.807) is 11.3 Å². The quantitative estimate of drug-likeness (QED) is 0.621. The number of halogens is 1. The van der Waals surface area contributed by atoms with Gasteiger partial charge in [-0.2, -0.15) is 0 Å². The van der Waals surface area contributed by atoms with Crippen molar-refractivity contribution in [2.45, 2.75) is 6.54 Å². The summed E-state index contributed by atoms with van der Waals surface area (Å²) in [7, 11) is 0. The highest BCUT2D eigenvalue weighted by molar-refractivity contribution is 9.11. The van der Waals surface area contributed by atoms with E-state index in [1.165, 1.54) is 9.35 Å². The van der Waals surface area contributed by atoms with Gasteiger partial charge in [0.25, 0.3) is 0 Å². The van der Waals surface area contributed by atoms with E-state index >= 15 is 0 Å². The maximum Gasteiger partial charge on any atom is 0.0701 e. The SMILES string of the molecule is C=CCNCc1csc(Br)c1. The molecule has 0 unspecified atom stereocenters. The largest absolute Gasteiger partial charge is 0.309 e. The first-order valence-corrected chi connectivity index (χ1v) is 5.04. The van der Waals surface area contributed by atoms with E-state index in [9.17, 15) is 0 Å². The van der Waals surface area contributed by atoms with Crippen LogP contribution < -0.4 is 5.32 Å².